The van der Waals surface area contributed by atoms with Crippen molar-refractivity contribution in [2.45, 2.75) is 86.0 Å². The molecule has 2 heterocycles. The maximum atomic E-state index is 5.81. The van der Waals surface area contributed by atoms with E-state index in [0.717, 1.165) is 43.0 Å². The number of rotatable bonds is 17. The Labute approximate surface area is 236 Å². The van der Waals surface area contributed by atoms with E-state index in [1.807, 2.05) is 43.4 Å². The molecule has 0 amide bonds. The summed E-state index contributed by atoms with van der Waals surface area (Å²) in [6.07, 6.45) is 25.9. The van der Waals surface area contributed by atoms with Crippen molar-refractivity contribution in [1.82, 2.24) is 14.0 Å². The van der Waals surface area contributed by atoms with E-state index in [-0.39, 0.29) is 0 Å². The third kappa shape index (κ3) is 9.27. The molecule has 1 unspecified atom stereocenters. The van der Waals surface area contributed by atoms with E-state index in [9.17, 15) is 0 Å². The molecule has 0 radical (unpaired) electrons. The molecule has 0 aromatic carbocycles. The molecule has 0 aliphatic rings. The topological polar surface area (TPSA) is 43.8 Å². The number of ether oxygens (including phenoxy) is 1. The number of hydrogen-bond acceptors (Lipinski definition) is 3. The van der Waals surface area contributed by atoms with E-state index >= 15 is 0 Å². The quantitative estimate of drug-likeness (QED) is 0.116. The summed E-state index contributed by atoms with van der Waals surface area (Å²) in [7, 11) is 0. The Balaban J connectivity index is 2.43. The van der Waals surface area contributed by atoms with Crippen molar-refractivity contribution in [3.05, 3.63) is 97.1 Å². The van der Waals surface area contributed by atoms with Crippen LogP contribution in [0.4, 0.5) is 0 Å². The average Bonchev–Trinajstić information content (AvgIpc) is 3.43. The van der Waals surface area contributed by atoms with Crippen LogP contribution in [-0.4, -0.2) is 20.2 Å². The minimum absolute atomic E-state index is 0.400. The summed E-state index contributed by atoms with van der Waals surface area (Å²) in [5.41, 5.74) is 3.39. The smallest absolute Gasteiger partial charge is 0.220 e. The van der Waals surface area contributed by atoms with Crippen molar-refractivity contribution >= 4 is 23.9 Å². The predicted molar refractivity (Wildman–Crippen MR) is 170 cm³/mol. The molecule has 5 nitrogen and oxygen atoms in total. The number of unbranched alkanes of at least 4 members (excludes halogenated alkanes) is 1. The molecule has 2 aromatic rings. The first-order valence-electron chi connectivity index (χ1n) is 14.3. The fourth-order valence-electron chi connectivity index (χ4n) is 4.35. The van der Waals surface area contributed by atoms with Gasteiger partial charge in [0.15, 0.2) is 0 Å². The van der Waals surface area contributed by atoms with Crippen LogP contribution in [0.3, 0.4) is 0 Å². The van der Waals surface area contributed by atoms with Crippen LogP contribution in [0, 0.1) is 5.92 Å². The van der Waals surface area contributed by atoms with Gasteiger partial charge < -0.3 is 4.74 Å². The van der Waals surface area contributed by atoms with Gasteiger partial charge in [0.2, 0.25) is 5.78 Å². The monoisotopic (exact) mass is 528 g/mol. The first-order valence-corrected chi connectivity index (χ1v) is 14.3. The molecule has 0 aliphatic heterocycles. The second kappa shape index (κ2) is 16.4. The summed E-state index contributed by atoms with van der Waals surface area (Å²) < 4.78 is 10.1. The van der Waals surface area contributed by atoms with Gasteiger partial charge in [-0.05, 0) is 56.4 Å². The minimum Gasteiger partial charge on any atom is -0.459 e. The minimum atomic E-state index is 0.400. The van der Waals surface area contributed by atoms with E-state index in [2.05, 4.69) is 80.6 Å². The molecule has 2 rings (SSSR count). The number of aliphatic imine (C=N–C) groups is 1. The molecule has 0 saturated heterocycles. The molecule has 39 heavy (non-hydrogen) atoms. The van der Waals surface area contributed by atoms with Gasteiger partial charge in [-0.15, -0.1) is 0 Å². The predicted octanol–water partition coefficient (Wildman–Crippen LogP) is 9.67. The van der Waals surface area contributed by atoms with Crippen molar-refractivity contribution < 1.29 is 4.74 Å². The van der Waals surface area contributed by atoms with Crippen molar-refractivity contribution in [2.75, 3.05) is 0 Å². The van der Waals surface area contributed by atoms with Crippen LogP contribution in [-0.2, 0) is 11.2 Å². The summed E-state index contributed by atoms with van der Waals surface area (Å²) in [4.78, 5) is 9.82. The van der Waals surface area contributed by atoms with Crippen molar-refractivity contribution in [3.63, 3.8) is 0 Å². The molecular formula is C34H48N4O. The first-order chi connectivity index (χ1) is 18.8. The first kappa shape index (κ1) is 31.6. The van der Waals surface area contributed by atoms with Gasteiger partial charge in [0.1, 0.15) is 17.3 Å². The molecule has 210 valence electrons. The normalized spacial score (nSPS) is 13.7. The highest BCUT2D eigenvalue weighted by Gasteiger charge is 2.22. The Bertz CT molecular complexity index is 1260. The molecule has 0 bridgehead atoms. The SMILES string of the molecule is C=CC=N/C(=C\C)n1c(/C=C\C(=C)OC(=C)/C=C\C=C/CC(C)C)cn2c(CCC)c(C(C)CCCC)nc12. The van der Waals surface area contributed by atoms with Gasteiger partial charge in [-0.25, -0.2) is 9.98 Å². The number of allylic oxidation sites excluding steroid dienone is 7. The largest absolute Gasteiger partial charge is 0.459 e. The zero-order chi connectivity index (χ0) is 28.8. The number of imidazole rings is 2. The number of aryl methyl sites for hydroxylation is 1. The number of aromatic nitrogens is 3. The molecule has 0 aliphatic carbocycles. The maximum Gasteiger partial charge on any atom is 0.220 e. The average molecular weight is 529 g/mol. The van der Waals surface area contributed by atoms with E-state index in [0.29, 0.717) is 23.4 Å². The van der Waals surface area contributed by atoms with Gasteiger partial charge in [0.25, 0.3) is 0 Å². The standard InChI is InChI=1S/C34H48N4O/c1-10-14-20-27(7)33-31(18-11-2)37-25-30(38(34(37)36-33)32(13-4)35-24-12-3)23-22-29(9)39-28(8)21-17-15-16-19-26(5)6/h12-13,15-17,21-27H,3,8-11,14,18-20H2,1-2,4-7H3/b16-15-,21-17-,23-22-,32-13+,35-24?. The summed E-state index contributed by atoms with van der Waals surface area (Å²) in [5.74, 6) is 3.71. The van der Waals surface area contributed by atoms with E-state index in [1.165, 1.54) is 24.2 Å². The van der Waals surface area contributed by atoms with E-state index < -0.39 is 0 Å². The van der Waals surface area contributed by atoms with Crippen LogP contribution in [0.2, 0.25) is 0 Å². The van der Waals surface area contributed by atoms with Crippen LogP contribution in [0.5, 0.6) is 0 Å². The highest BCUT2D eigenvalue weighted by molar-refractivity contribution is 5.77. The van der Waals surface area contributed by atoms with Gasteiger partial charge >= 0.3 is 0 Å². The highest BCUT2D eigenvalue weighted by atomic mass is 16.5. The third-order valence-electron chi connectivity index (χ3n) is 6.32. The summed E-state index contributed by atoms with van der Waals surface area (Å²) in [6, 6.07) is 0. The van der Waals surface area contributed by atoms with Gasteiger partial charge in [0, 0.05) is 24.0 Å². The molecular weight excluding hydrogens is 480 g/mol. The second-order valence-corrected chi connectivity index (χ2v) is 10.2. The Morgan fingerprint density at radius 1 is 1.10 bits per heavy atom. The van der Waals surface area contributed by atoms with Gasteiger partial charge in [-0.3, -0.25) is 8.97 Å². The van der Waals surface area contributed by atoms with Crippen molar-refractivity contribution in [3.8, 4) is 0 Å². The Kier molecular flexibility index (Phi) is 13.3. The molecule has 0 saturated carbocycles. The zero-order valence-corrected chi connectivity index (χ0v) is 25.0. The lowest BCUT2D eigenvalue weighted by atomic mass is 9.98. The lowest BCUT2D eigenvalue weighted by Gasteiger charge is -2.11. The molecule has 5 heteroatoms. The zero-order valence-electron chi connectivity index (χ0n) is 25.0. The molecule has 1 atom stereocenters. The van der Waals surface area contributed by atoms with Crippen LogP contribution >= 0.6 is 0 Å². The van der Waals surface area contributed by atoms with Gasteiger partial charge in [-0.1, -0.05) is 97.9 Å². The third-order valence-corrected chi connectivity index (χ3v) is 6.32. The van der Waals surface area contributed by atoms with Crippen molar-refractivity contribution in [1.29, 1.82) is 0 Å². The molecule has 0 fully saturated rings. The molecule has 0 spiro atoms. The van der Waals surface area contributed by atoms with Crippen LogP contribution in [0.15, 0.2) is 85.0 Å². The van der Waals surface area contributed by atoms with Crippen LogP contribution < -0.4 is 0 Å². The number of nitrogens with zero attached hydrogens (tertiary/aromatic N) is 4. The maximum absolute atomic E-state index is 5.81. The lowest BCUT2D eigenvalue weighted by molar-refractivity contribution is 0.340. The fraction of sp³-hybridized carbons (Fsp3) is 0.412. The lowest BCUT2D eigenvalue weighted by Crippen LogP contribution is -2.02. The van der Waals surface area contributed by atoms with Crippen LogP contribution in [0.1, 0.15) is 96.6 Å². The molecule has 2 aromatic heterocycles. The number of fused-ring (bicyclic) bond motifs is 1. The molecule has 0 N–H and O–H groups in total. The highest BCUT2D eigenvalue weighted by Crippen LogP contribution is 2.30. The van der Waals surface area contributed by atoms with Crippen molar-refractivity contribution in [2.24, 2.45) is 10.9 Å². The Hall–Kier alpha value is -3.60. The number of hydrogen-bond donors (Lipinski definition) is 0. The summed E-state index contributed by atoms with van der Waals surface area (Å²) in [5, 5.41) is 0. The van der Waals surface area contributed by atoms with Gasteiger partial charge in [0.05, 0.1) is 11.4 Å². The Morgan fingerprint density at radius 2 is 1.85 bits per heavy atom. The van der Waals surface area contributed by atoms with Crippen LogP contribution in [0.25, 0.3) is 17.7 Å². The van der Waals surface area contributed by atoms with E-state index in [4.69, 9.17) is 9.72 Å². The summed E-state index contributed by atoms with van der Waals surface area (Å²) in [6.45, 7) is 25.0. The Morgan fingerprint density at radius 3 is 2.49 bits per heavy atom. The summed E-state index contributed by atoms with van der Waals surface area (Å²) >= 11 is 0. The second-order valence-electron chi connectivity index (χ2n) is 10.2. The fourth-order valence-corrected chi connectivity index (χ4v) is 4.35. The van der Waals surface area contributed by atoms with Gasteiger partial charge in [-0.2, -0.15) is 0 Å². The van der Waals surface area contributed by atoms with E-state index in [1.54, 1.807) is 12.3 Å².